The van der Waals surface area contributed by atoms with Gasteiger partial charge in [0.2, 0.25) is 0 Å². The van der Waals surface area contributed by atoms with Crippen molar-refractivity contribution < 1.29 is 9.47 Å². The summed E-state index contributed by atoms with van der Waals surface area (Å²) < 4.78 is 11.1. The fourth-order valence-corrected chi connectivity index (χ4v) is 3.30. The summed E-state index contributed by atoms with van der Waals surface area (Å²) in [5.41, 5.74) is 0.240. The molecule has 0 aliphatic carbocycles. The SMILES string of the molecule is CC1OCCC1(CCl)CC1CCOCC1. The number of hydrogen-bond acceptors (Lipinski definition) is 2. The lowest BCUT2D eigenvalue weighted by Crippen LogP contribution is -2.34. The van der Waals surface area contributed by atoms with Crippen molar-refractivity contribution in [2.45, 2.75) is 38.7 Å². The molecule has 2 rings (SSSR count). The molecule has 2 atom stereocenters. The second-order valence-electron chi connectivity index (χ2n) is 5.02. The molecule has 2 saturated heterocycles. The van der Waals surface area contributed by atoms with Crippen LogP contribution in [0, 0.1) is 11.3 Å². The van der Waals surface area contributed by atoms with E-state index in [1.807, 2.05) is 0 Å². The second-order valence-corrected chi connectivity index (χ2v) is 5.29. The fraction of sp³-hybridized carbons (Fsp3) is 1.00. The molecule has 0 amide bonds. The van der Waals surface area contributed by atoms with Crippen LogP contribution in [0.3, 0.4) is 0 Å². The first-order chi connectivity index (χ1) is 7.27. The first kappa shape index (κ1) is 11.7. The van der Waals surface area contributed by atoms with Crippen molar-refractivity contribution in [3.05, 3.63) is 0 Å². The monoisotopic (exact) mass is 232 g/mol. The standard InChI is InChI=1S/C12H21ClO2/c1-10-12(9-13,4-7-15-10)8-11-2-5-14-6-3-11/h10-11H,2-9H2,1H3. The third kappa shape index (κ3) is 2.48. The van der Waals surface area contributed by atoms with E-state index in [9.17, 15) is 0 Å². The molecule has 0 aromatic heterocycles. The summed E-state index contributed by atoms with van der Waals surface area (Å²) in [5.74, 6) is 1.53. The van der Waals surface area contributed by atoms with Gasteiger partial charge in [-0.05, 0) is 38.5 Å². The minimum absolute atomic E-state index is 0.240. The molecule has 3 heteroatoms. The third-order valence-corrected chi connectivity index (χ3v) is 4.66. The van der Waals surface area contributed by atoms with Gasteiger partial charge in [0.1, 0.15) is 0 Å². The molecule has 0 saturated carbocycles. The molecule has 2 nitrogen and oxygen atoms in total. The van der Waals surface area contributed by atoms with Crippen LogP contribution in [-0.4, -0.2) is 31.8 Å². The number of ether oxygens (including phenoxy) is 2. The summed E-state index contributed by atoms with van der Waals surface area (Å²) >= 11 is 6.17. The molecular weight excluding hydrogens is 212 g/mol. The predicted molar refractivity (Wildman–Crippen MR) is 61.3 cm³/mol. The highest BCUT2D eigenvalue weighted by Gasteiger charge is 2.42. The Morgan fingerprint density at radius 2 is 2.00 bits per heavy atom. The van der Waals surface area contributed by atoms with Gasteiger partial charge in [-0.2, -0.15) is 0 Å². The van der Waals surface area contributed by atoms with Crippen molar-refractivity contribution in [2.75, 3.05) is 25.7 Å². The van der Waals surface area contributed by atoms with Crippen LogP contribution < -0.4 is 0 Å². The zero-order chi connectivity index (χ0) is 10.7. The Balaban J connectivity index is 1.94. The molecule has 0 aromatic rings. The van der Waals surface area contributed by atoms with E-state index in [1.165, 1.54) is 19.3 Å². The number of rotatable bonds is 3. The lowest BCUT2D eigenvalue weighted by atomic mass is 9.74. The smallest absolute Gasteiger partial charge is 0.0615 e. The maximum absolute atomic E-state index is 6.17. The molecule has 0 N–H and O–H groups in total. The molecule has 2 heterocycles. The summed E-state index contributed by atoms with van der Waals surface area (Å²) in [6, 6.07) is 0. The maximum Gasteiger partial charge on any atom is 0.0615 e. The zero-order valence-electron chi connectivity index (χ0n) is 9.51. The van der Waals surface area contributed by atoms with Crippen LogP contribution in [0.1, 0.15) is 32.6 Å². The Kier molecular flexibility index (Phi) is 3.92. The fourth-order valence-electron chi connectivity index (χ4n) is 2.84. The highest BCUT2D eigenvalue weighted by Crippen LogP contribution is 2.43. The lowest BCUT2D eigenvalue weighted by molar-refractivity contribution is 0.0258. The molecule has 2 fully saturated rings. The van der Waals surface area contributed by atoms with Crippen LogP contribution in [0.25, 0.3) is 0 Å². The highest BCUT2D eigenvalue weighted by atomic mass is 35.5. The average Bonchev–Trinajstić information content (AvgIpc) is 2.62. The summed E-state index contributed by atoms with van der Waals surface area (Å²) in [5, 5.41) is 0. The minimum atomic E-state index is 0.240. The maximum atomic E-state index is 6.17. The second kappa shape index (κ2) is 5.03. The summed E-state index contributed by atoms with van der Waals surface area (Å²) in [7, 11) is 0. The molecule has 2 aliphatic heterocycles. The van der Waals surface area contributed by atoms with Gasteiger partial charge in [0.05, 0.1) is 6.10 Å². The van der Waals surface area contributed by atoms with E-state index in [0.29, 0.717) is 6.10 Å². The van der Waals surface area contributed by atoms with Gasteiger partial charge in [-0.3, -0.25) is 0 Å². The lowest BCUT2D eigenvalue weighted by Gasteiger charge is -2.35. The Labute approximate surface area is 97.3 Å². The Hall–Kier alpha value is 0.210. The zero-order valence-corrected chi connectivity index (χ0v) is 10.3. The van der Waals surface area contributed by atoms with E-state index in [1.54, 1.807) is 0 Å². The summed E-state index contributed by atoms with van der Waals surface area (Å²) in [6.07, 6.45) is 5.09. The van der Waals surface area contributed by atoms with E-state index in [4.69, 9.17) is 21.1 Å². The predicted octanol–water partition coefficient (Wildman–Crippen LogP) is 2.84. The molecule has 2 unspecified atom stereocenters. The van der Waals surface area contributed by atoms with Crippen molar-refractivity contribution >= 4 is 11.6 Å². The van der Waals surface area contributed by atoms with Crippen molar-refractivity contribution in [2.24, 2.45) is 11.3 Å². The van der Waals surface area contributed by atoms with Gasteiger partial charge in [0.15, 0.2) is 0 Å². The van der Waals surface area contributed by atoms with E-state index in [-0.39, 0.29) is 5.41 Å². The van der Waals surface area contributed by atoms with Gasteiger partial charge in [-0.25, -0.2) is 0 Å². The van der Waals surface area contributed by atoms with Crippen molar-refractivity contribution in [3.63, 3.8) is 0 Å². The minimum Gasteiger partial charge on any atom is -0.381 e. The average molecular weight is 233 g/mol. The van der Waals surface area contributed by atoms with Crippen LogP contribution in [0.5, 0.6) is 0 Å². The van der Waals surface area contributed by atoms with Crippen molar-refractivity contribution in [3.8, 4) is 0 Å². The van der Waals surface area contributed by atoms with E-state index in [2.05, 4.69) is 6.92 Å². The Morgan fingerprint density at radius 3 is 2.53 bits per heavy atom. The van der Waals surface area contributed by atoms with Gasteiger partial charge < -0.3 is 9.47 Å². The normalized spacial score (nSPS) is 38.4. The van der Waals surface area contributed by atoms with Crippen molar-refractivity contribution in [1.82, 2.24) is 0 Å². The third-order valence-electron chi connectivity index (χ3n) is 4.13. The van der Waals surface area contributed by atoms with E-state index < -0.39 is 0 Å². The van der Waals surface area contributed by atoms with Gasteiger partial charge >= 0.3 is 0 Å². The van der Waals surface area contributed by atoms with Crippen molar-refractivity contribution in [1.29, 1.82) is 0 Å². The largest absolute Gasteiger partial charge is 0.381 e. The van der Waals surface area contributed by atoms with Crippen LogP contribution in [0.15, 0.2) is 0 Å². The molecule has 0 radical (unpaired) electrons. The first-order valence-electron chi connectivity index (χ1n) is 6.02. The number of hydrogen-bond donors (Lipinski definition) is 0. The van der Waals surface area contributed by atoms with Gasteiger partial charge in [-0.15, -0.1) is 11.6 Å². The Morgan fingerprint density at radius 1 is 1.27 bits per heavy atom. The molecule has 0 bridgehead atoms. The molecule has 0 aromatic carbocycles. The quantitative estimate of drug-likeness (QED) is 0.697. The van der Waals surface area contributed by atoms with Crippen LogP contribution >= 0.6 is 11.6 Å². The Bertz CT molecular complexity index is 204. The van der Waals surface area contributed by atoms with E-state index >= 15 is 0 Å². The molecule has 0 spiro atoms. The van der Waals surface area contributed by atoms with E-state index in [0.717, 1.165) is 38.0 Å². The highest BCUT2D eigenvalue weighted by molar-refractivity contribution is 6.18. The van der Waals surface area contributed by atoms with Gasteiger partial charge in [-0.1, -0.05) is 0 Å². The number of halogens is 1. The first-order valence-corrected chi connectivity index (χ1v) is 6.55. The number of alkyl halides is 1. The molecule has 15 heavy (non-hydrogen) atoms. The summed E-state index contributed by atoms with van der Waals surface area (Å²) in [6.45, 7) is 4.92. The van der Waals surface area contributed by atoms with Crippen LogP contribution in [-0.2, 0) is 9.47 Å². The van der Waals surface area contributed by atoms with Crippen LogP contribution in [0.2, 0.25) is 0 Å². The van der Waals surface area contributed by atoms with Gasteiger partial charge in [0.25, 0.3) is 0 Å². The molecule has 88 valence electrons. The summed E-state index contributed by atoms with van der Waals surface area (Å²) in [4.78, 5) is 0. The molecular formula is C12H21ClO2. The van der Waals surface area contributed by atoms with Crippen LogP contribution in [0.4, 0.5) is 0 Å². The van der Waals surface area contributed by atoms with Gasteiger partial charge in [0, 0.05) is 31.1 Å². The molecule has 2 aliphatic rings. The topological polar surface area (TPSA) is 18.5 Å².